The van der Waals surface area contributed by atoms with Crippen LogP contribution in [-0.4, -0.2) is 11.2 Å². The minimum Gasteiger partial charge on any atom is -0.389 e. The standard InChI is InChI=1S/C9H18O/c1-4-6-8(3)7-9(10)5-2/h7,9-10H,4-6H2,1-3H3/b8-7+. The Kier molecular flexibility index (Phi) is 5.32. The van der Waals surface area contributed by atoms with Gasteiger partial charge in [0.05, 0.1) is 6.10 Å². The predicted molar refractivity (Wildman–Crippen MR) is 45.0 cm³/mol. The number of aliphatic hydroxyl groups is 1. The lowest BCUT2D eigenvalue weighted by Crippen LogP contribution is -1.99. The minimum atomic E-state index is -0.230. The van der Waals surface area contributed by atoms with E-state index in [9.17, 15) is 5.11 Å². The van der Waals surface area contributed by atoms with Gasteiger partial charge in [0.15, 0.2) is 0 Å². The largest absolute Gasteiger partial charge is 0.389 e. The molecule has 0 spiro atoms. The summed E-state index contributed by atoms with van der Waals surface area (Å²) in [5.41, 5.74) is 1.30. The molecule has 0 fully saturated rings. The van der Waals surface area contributed by atoms with E-state index in [0.717, 1.165) is 12.8 Å². The third-order valence-electron chi connectivity index (χ3n) is 1.54. The first-order valence-electron chi connectivity index (χ1n) is 4.06. The molecule has 1 nitrogen and oxygen atoms in total. The van der Waals surface area contributed by atoms with E-state index in [1.807, 2.05) is 13.0 Å². The van der Waals surface area contributed by atoms with Gasteiger partial charge in [-0.25, -0.2) is 0 Å². The SMILES string of the molecule is CCC/C(C)=C/C(O)CC. The smallest absolute Gasteiger partial charge is 0.0720 e. The van der Waals surface area contributed by atoms with E-state index in [2.05, 4.69) is 13.8 Å². The molecule has 10 heavy (non-hydrogen) atoms. The molecule has 0 amide bonds. The number of hydrogen-bond donors (Lipinski definition) is 1. The molecule has 60 valence electrons. The molecule has 0 saturated carbocycles. The Morgan fingerprint density at radius 2 is 2.10 bits per heavy atom. The maximum Gasteiger partial charge on any atom is 0.0720 e. The molecule has 1 N–H and O–H groups in total. The Bertz CT molecular complexity index is 105. The van der Waals surface area contributed by atoms with Gasteiger partial charge in [0.1, 0.15) is 0 Å². The lowest BCUT2D eigenvalue weighted by Gasteiger charge is -2.02. The summed E-state index contributed by atoms with van der Waals surface area (Å²) in [5.74, 6) is 0. The van der Waals surface area contributed by atoms with Gasteiger partial charge in [-0.2, -0.15) is 0 Å². The Balaban J connectivity index is 3.65. The van der Waals surface area contributed by atoms with E-state index >= 15 is 0 Å². The molecule has 0 aliphatic carbocycles. The fourth-order valence-electron chi connectivity index (χ4n) is 0.924. The summed E-state index contributed by atoms with van der Waals surface area (Å²) in [6.45, 7) is 6.21. The third-order valence-corrected chi connectivity index (χ3v) is 1.54. The highest BCUT2D eigenvalue weighted by atomic mass is 16.3. The van der Waals surface area contributed by atoms with Crippen LogP contribution in [0.25, 0.3) is 0 Å². The summed E-state index contributed by atoms with van der Waals surface area (Å²) < 4.78 is 0. The maximum absolute atomic E-state index is 9.18. The van der Waals surface area contributed by atoms with Gasteiger partial charge in [0, 0.05) is 0 Å². The van der Waals surface area contributed by atoms with Crippen molar-refractivity contribution in [2.75, 3.05) is 0 Å². The van der Waals surface area contributed by atoms with Crippen molar-refractivity contribution in [3.05, 3.63) is 11.6 Å². The molecule has 0 saturated heterocycles. The molecule has 0 aromatic rings. The van der Waals surface area contributed by atoms with Crippen LogP contribution < -0.4 is 0 Å². The zero-order chi connectivity index (χ0) is 7.98. The fourth-order valence-corrected chi connectivity index (χ4v) is 0.924. The molecule has 1 unspecified atom stereocenters. The Labute approximate surface area is 63.8 Å². The van der Waals surface area contributed by atoms with Gasteiger partial charge in [-0.1, -0.05) is 31.9 Å². The summed E-state index contributed by atoms with van der Waals surface area (Å²) in [6, 6.07) is 0. The number of allylic oxidation sites excluding steroid dienone is 1. The molecule has 0 aliphatic heterocycles. The number of aliphatic hydroxyl groups excluding tert-OH is 1. The van der Waals surface area contributed by atoms with Crippen LogP contribution in [0.4, 0.5) is 0 Å². The van der Waals surface area contributed by atoms with Crippen molar-refractivity contribution >= 4 is 0 Å². The van der Waals surface area contributed by atoms with E-state index in [1.165, 1.54) is 12.0 Å². The second-order valence-electron chi connectivity index (χ2n) is 2.74. The lowest BCUT2D eigenvalue weighted by molar-refractivity contribution is 0.218. The van der Waals surface area contributed by atoms with Crippen molar-refractivity contribution in [3.8, 4) is 0 Å². The topological polar surface area (TPSA) is 20.2 Å². The van der Waals surface area contributed by atoms with Crippen LogP contribution in [0.5, 0.6) is 0 Å². The van der Waals surface area contributed by atoms with Crippen LogP contribution in [0.2, 0.25) is 0 Å². The molecule has 0 aromatic heterocycles. The second kappa shape index (κ2) is 5.48. The van der Waals surface area contributed by atoms with Crippen LogP contribution >= 0.6 is 0 Å². The molecule has 0 rings (SSSR count). The molecule has 0 heterocycles. The highest BCUT2D eigenvalue weighted by Crippen LogP contribution is 2.05. The summed E-state index contributed by atoms with van der Waals surface area (Å²) in [4.78, 5) is 0. The average molecular weight is 142 g/mol. The van der Waals surface area contributed by atoms with Gasteiger partial charge in [0.25, 0.3) is 0 Å². The highest BCUT2D eigenvalue weighted by Gasteiger charge is 1.94. The molecule has 0 bridgehead atoms. The van der Waals surface area contributed by atoms with Crippen molar-refractivity contribution in [1.82, 2.24) is 0 Å². The molecule has 1 heteroatoms. The predicted octanol–water partition coefficient (Wildman–Crippen LogP) is 2.50. The Morgan fingerprint density at radius 1 is 1.50 bits per heavy atom. The van der Waals surface area contributed by atoms with Gasteiger partial charge in [0.2, 0.25) is 0 Å². The lowest BCUT2D eigenvalue weighted by atomic mass is 10.1. The summed E-state index contributed by atoms with van der Waals surface area (Å²) in [7, 11) is 0. The van der Waals surface area contributed by atoms with Crippen LogP contribution in [0, 0.1) is 0 Å². The van der Waals surface area contributed by atoms with Gasteiger partial charge in [-0.05, 0) is 19.8 Å². The highest BCUT2D eigenvalue weighted by molar-refractivity contribution is 5.00. The van der Waals surface area contributed by atoms with Crippen molar-refractivity contribution in [1.29, 1.82) is 0 Å². The first kappa shape index (κ1) is 9.70. The van der Waals surface area contributed by atoms with E-state index in [1.54, 1.807) is 0 Å². The van der Waals surface area contributed by atoms with Crippen LogP contribution in [0.15, 0.2) is 11.6 Å². The summed E-state index contributed by atoms with van der Waals surface area (Å²) in [5, 5.41) is 9.18. The van der Waals surface area contributed by atoms with Gasteiger partial charge >= 0.3 is 0 Å². The van der Waals surface area contributed by atoms with Crippen molar-refractivity contribution in [3.63, 3.8) is 0 Å². The zero-order valence-corrected chi connectivity index (χ0v) is 7.22. The first-order valence-corrected chi connectivity index (χ1v) is 4.06. The first-order chi connectivity index (χ1) is 4.70. The van der Waals surface area contributed by atoms with Crippen molar-refractivity contribution in [2.24, 2.45) is 0 Å². The molecular formula is C9H18O. The molecule has 0 aliphatic rings. The third kappa shape index (κ3) is 4.57. The summed E-state index contributed by atoms with van der Waals surface area (Å²) >= 11 is 0. The van der Waals surface area contributed by atoms with E-state index < -0.39 is 0 Å². The number of hydrogen-bond acceptors (Lipinski definition) is 1. The van der Waals surface area contributed by atoms with Crippen molar-refractivity contribution < 1.29 is 5.11 Å². The minimum absolute atomic E-state index is 0.230. The van der Waals surface area contributed by atoms with Crippen LogP contribution in [-0.2, 0) is 0 Å². The quantitative estimate of drug-likeness (QED) is 0.598. The van der Waals surface area contributed by atoms with E-state index in [0.29, 0.717) is 0 Å². The maximum atomic E-state index is 9.18. The van der Waals surface area contributed by atoms with Gasteiger partial charge in [-0.15, -0.1) is 0 Å². The monoisotopic (exact) mass is 142 g/mol. The molecule has 0 radical (unpaired) electrons. The molecule has 0 aromatic carbocycles. The van der Waals surface area contributed by atoms with Crippen molar-refractivity contribution in [2.45, 2.75) is 46.1 Å². The average Bonchev–Trinajstić information content (AvgIpc) is 1.88. The molecule has 1 atom stereocenters. The van der Waals surface area contributed by atoms with Crippen LogP contribution in [0.1, 0.15) is 40.0 Å². The Morgan fingerprint density at radius 3 is 2.50 bits per heavy atom. The van der Waals surface area contributed by atoms with Crippen LogP contribution in [0.3, 0.4) is 0 Å². The zero-order valence-electron chi connectivity index (χ0n) is 7.22. The van der Waals surface area contributed by atoms with Gasteiger partial charge < -0.3 is 5.11 Å². The van der Waals surface area contributed by atoms with E-state index in [-0.39, 0.29) is 6.10 Å². The Hall–Kier alpha value is -0.300. The van der Waals surface area contributed by atoms with E-state index in [4.69, 9.17) is 0 Å². The van der Waals surface area contributed by atoms with Gasteiger partial charge in [-0.3, -0.25) is 0 Å². The normalized spacial score (nSPS) is 15.4. The summed E-state index contributed by atoms with van der Waals surface area (Å²) in [6.07, 6.45) is 4.81. The fraction of sp³-hybridized carbons (Fsp3) is 0.778. The second-order valence-corrected chi connectivity index (χ2v) is 2.74. The number of rotatable bonds is 4. The molecular weight excluding hydrogens is 124 g/mol.